The van der Waals surface area contributed by atoms with E-state index in [1.54, 1.807) is 0 Å². The van der Waals surface area contributed by atoms with Gasteiger partial charge in [-0.1, -0.05) is 62.4 Å². The van der Waals surface area contributed by atoms with E-state index in [-0.39, 0.29) is 31.4 Å². The Morgan fingerprint density at radius 2 is 1.56 bits per heavy atom. The summed E-state index contributed by atoms with van der Waals surface area (Å²) in [6.07, 6.45) is -0.891. The van der Waals surface area contributed by atoms with E-state index in [1.807, 2.05) is 38.1 Å². The highest BCUT2D eigenvalue weighted by Crippen LogP contribution is 2.44. The summed E-state index contributed by atoms with van der Waals surface area (Å²) in [7, 11) is 0. The lowest BCUT2D eigenvalue weighted by atomic mass is 9.94. The number of nitrogens with one attached hydrogen (secondary N) is 2. The van der Waals surface area contributed by atoms with Crippen LogP contribution in [0.2, 0.25) is 0 Å². The van der Waals surface area contributed by atoms with Crippen LogP contribution in [0.3, 0.4) is 0 Å². The summed E-state index contributed by atoms with van der Waals surface area (Å²) in [5.74, 6) is -1.47. The maximum atomic E-state index is 12.5. The summed E-state index contributed by atoms with van der Waals surface area (Å²) in [4.78, 5) is 40.3. The number of carboxylic acids is 1. The van der Waals surface area contributed by atoms with Crippen LogP contribution in [0, 0.1) is 11.8 Å². The molecule has 2 atom stereocenters. The number of ether oxygens (including phenoxy) is 1. The lowest BCUT2D eigenvalue weighted by molar-refractivity contribution is -0.159. The zero-order chi connectivity index (χ0) is 24.7. The van der Waals surface area contributed by atoms with Crippen LogP contribution in [0.1, 0.15) is 50.7 Å². The Hall–Kier alpha value is -3.39. The second-order valence-electron chi connectivity index (χ2n) is 9.03. The van der Waals surface area contributed by atoms with E-state index < -0.39 is 24.1 Å². The average Bonchev–Trinajstić information content (AvgIpc) is 3.13. The molecule has 3 rings (SSSR count). The maximum absolute atomic E-state index is 12.5. The van der Waals surface area contributed by atoms with Crippen molar-refractivity contribution in [3.05, 3.63) is 59.7 Å². The molecule has 3 N–H and O–H groups in total. The molecule has 0 heterocycles. The average molecular weight is 469 g/mol. The van der Waals surface area contributed by atoms with E-state index in [2.05, 4.69) is 35.1 Å². The van der Waals surface area contributed by atoms with E-state index in [0.717, 1.165) is 22.3 Å². The molecule has 8 nitrogen and oxygen atoms in total. The highest BCUT2D eigenvalue weighted by molar-refractivity contribution is 5.79. The number of amides is 2. The van der Waals surface area contributed by atoms with Crippen molar-refractivity contribution in [3.8, 4) is 11.1 Å². The van der Waals surface area contributed by atoms with Gasteiger partial charge in [0.25, 0.3) is 0 Å². The van der Waals surface area contributed by atoms with Crippen molar-refractivity contribution < 1.29 is 29.1 Å². The zero-order valence-corrected chi connectivity index (χ0v) is 19.7. The lowest BCUT2D eigenvalue weighted by Gasteiger charge is -2.20. The minimum atomic E-state index is -1.17. The lowest BCUT2D eigenvalue weighted by Crippen LogP contribution is -2.36. The molecule has 8 heteroatoms. The van der Waals surface area contributed by atoms with Gasteiger partial charge in [-0.15, -0.1) is 0 Å². The number of hydrogen-bond donors (Lipinski definition) is 3. The van der Waals surface area contributed by atoms with Gasteiger partial charge in [0, 0.05) is 18.9 Å². The number of alkyl carbamates (subject to hydrolysis) is 1. The molecular weight excluding hydrogens is 436 g/mol. The second-order valence-corrected chi connectivity index (χ2v) is 9.03. The summed E-state index contributed by atoms with van der Waals surface area (Å²) >= 11 is 0. The molecule has 0 radical (unpaired) electrons. The quantitative estimate of drug-likeness (QED) is 0.428. The highest BCUT2D eigenvalue weighted by Gasteiger charge is 2.29. The molecule has 0 spiro atoms. The fourth-order valence-electron chi connectivity index (χ4n) is 4.29. The van der Waals surface area contributed by atoms with Gasteiger partial charge in [-0.05, 0) is 47.4 Å². The van der Waals surface area contributed by atoms with E-state index in [1.165, 1.54) is 6.92 Å². The number of carbonyl (C=O) groups is 3. The van der Waals surface area contributed by atoms with Crippen LogP contribution < -0.4 is 10.8 Å². The van der Waals surface area contributed by atoms with Crippen LogP contribution in [0.25, 0.3) is 11.1 Å². The third kappa shape index (κ3) is 6.57. The number of hydrogen-bond acceptors (Lipinski definition) is 5. The number of hydroxylamine groups is 1. The monoisotopic (exact) mass is 468 g/mol. The Morgan fingerprint density at radius 3 is 2.12 bits per heavy atom. The zero-order valence-electron chi connectivity index (χ0n) is 19.7. The molecule has 0 fully saturated rings. The van der Waals surface area contributed by atoms with E-state index >= 15 is 0 Å². The highest BCUT2D eigenvalue weighted by atomic mass is 16.7. The molecular formula is C26H32N2O6. The van der Waals surface area contributed by atoms with Crippen molar-refractivity contribution in [1.82, 2.24) is 10.8 Å². The van der Waals surface area contributed by atoms with Crippen molar-refractivity contribution in [3.63, 3.8) is 0 Å². The first-order valence-electron chi connectivity index (χ1n) is 11.5. The third-order valence-electron chi connectivity index (χ3n) is 5.85. The molecule has 0 aliphatic heterocycles. The van der Waals surface area contributed by atoms with Gasteiger partial charge in [0.15, 0.2) is 6.10 Å². The molecule has 34 heavy (non-hydrogen) atoms. The molecule has 0 saturated carbocycles. The standard InChI is InChI=1S/C26H32N2O6/c1-16(2)12-18(13-24(29)28-34-17(3)25(30)31)14-27-26(32)33-15-23-21-10-6-4-8-19(21)20-9-5-7-11-22(20)23/h4-11,16-18,23H,12-15H2,1-3H3,(H,27,32)(H,28,29)(H,30,31). The van der Waals surface area contributed by atoms with Crippen LogP contribution in [0.4, 0.5) is 4.79 Å². The fraction of sp³-hybridized carbons (Fsp3) is 0.423. The number of aliphatic carboxylic acids is 1. The van der Waals surface area contributed by atoms with Gasteiger partial charge in [-0.3, -0.25) is 9.63 Å². The van der Waals surface area contributed by atoms with Gasteiger partial charge in [-0.25, -0.2) is 15.1 Å². The third-order valence-corrected chi connectivity index (χ3v) is 5.85. The molecule has 0 saturated heterocycles. The SMILES string of the molecule is CC(C)CC(CNC(=O)OCC1c2ccccc2-c2ccccc21)CC(=O)NOC(C)C(=O)O. The molecule has 2 unspecified atom stereocenters. The first-order chi connectivity index (χ1) is 16.3. The number of carbonyl (C=O) groups excluding carboxylic acids is 2. The van der Waals surface area contributed by atoms with Crippen molar-refractivity contribution in [2.45, 2.75) is 45.6 Å². The van der Waals surface area contributed by atoms with Gasteiger partial charge in [0.2, 0.25) is 5.91 Å². The van der Waals surface area contributed by atoms with Crippen molar-refractivity contribution in [1.29, 1.82) is 0 Å². The normalized spacial score (nSPS) is 14.1. The molecule has 182 valence electrons. The predicted molar refractivity (Wildman–Crippen MR) is 127 cm³/mol. The second kappa shape index (κ2) is 11.7. The minimum absolute atomic E-state index is 0.0243. The number of benzene rings is 2. The molecule has 2 aromatic carbocycles. The van der Waals surface area contributed by atoms with Gasteiger partial charge < -0.3 is 15.2 Å². The summed E-state index contributed by atoms with van der Waals surface area (Å²) in [5.41, 5.74) is 6.78. The molecule has 0 bridgehead atoms. The maximum Gasteiger partial charge on any atom is 0.407 e. The Morgan fingerprint density at radius 1 is 0.971 bits per heavy atom. The van der Waals surface area contributed by atoms with Crippen LogP contribution in [0.15, 0.2) is 48.5 Å². The first kappa shape index (κ1) is 25.2. The van der Waals surface area contributed by atoms with Gasteiger partial charge >= 0.3 is 12.1 Å². The summed E-state index contributed by atoms with van der Waals surface area (Å²) in [6.45, 7) is 5.86. The fourth-order valence-corrected chi connectivity index (χ4v) is 4.29. The molecule has 2 aromatic rings. The van der Waals surface area contributed by atoms with Gasteiger partial charge in [-0.2, -0.15) is 0 Å². The van der Waals surface area contributed by atoms with Crippen LogP contribution >= 0.6 is 0 Å². The smallest absolute Gasteiger partial charge is 0.407 e. The van der Waals surface area contributed by atoms with Crippen molar-refractivity contribution in [2.75, 3.05) is 13.2 Å². The van der Waals surface area contributed by atoms with Crippen LogP contribution in [-0.2, 0) is 19.2 Å². The predicted octanol–water partition coefficient (Wildman–Crippen LogP) is 4.10. The van der Waals surface area contributed by atoms with Gasteiger partial charge in [0.05, 0.1) is 0 Å². The first-order valence-corrected chi connectivity index (χ1v) is 11.5. The van der Waals surface area contributed by atoms with Gasteiger partial charge in [0.1, 0.15) is 6.61 Å². The Labute approximate surface area is 199 Å². The summed E-state index contributed by atoms with van der Waals surface area (Å²) < 4.78 is 5.56. The number of carboxylic acid groups (broad SMARTS) is 1. The number of rotatable bonds is 11. The largest absolute Gasteiger partial charge is 0.479 e. The summed E-state index contributed by atoms with van der Waals surface area (Å²) in [5, 5.41) is 11.6. The van der Waals surface area contributed by atoms with Crippen LogP contribution in [-0.4, -0.2) is 42.3 Å². The van der Waals surface area contributed by atoms with E-state index in [4.69, 9.17) is 14.7 Å². The molecule has 1 aliphatic rings. The molecule has 2 amide bonds. The number of fused-ring (bicyclic) bond motifs is 3. The Balaban J connectivity index is 1.52. The van der Waals surface area contributed by atoms with Crippen LogP contribution in [0.5, 0.6) is 0 Å². The van der Waals surface area contributed by atoms with E-state index in [0.29, 0.717) is 12.3 Å². The molecule has 1 aliphatic carbocycles. The van der Waals surface area contributed by atoms with Crippen molar-refractivity contribution in [2.24, 2.45) is 11.8 Å². The Bertz CT molecular complexity index is 976. The van der Waals surface area contributed by atoms with Crippen molar-refractivity contribution >= 4 is 18.0 Å². The van der Waals surface area contributed by atoms with E-state index in [9.17, 15) is 14.4 Å². The Kier molecular flexibility index (Phi) is 8.65. The minimum Gasteiger partial charge on any atom is -0.479 e. The topological polar surface area (TPSA) is 114 Å². The molecule has 0 aromatic heterocycles. The summed E-state index contributed by atoms with van der Waals surface area (Å²) in [6, 6.07) is 16.3.